The number of likely N-dealkylation sites (tertiary alicyclic amines) is 1. The van der Waals surface area contributed by atoms with Crippen molar-refractivity contribution in [3.05, 3.63) is 46.7 Å². The van der Waals surface area contributed by atoms with Crippen molar-refractivity contribution in [2.45, 2.75) is 103 Å². The number of anilines is 2. The van der Waals surface area contributed by atoms with Gasteiger partial charge >= 0.3 is 12.3 Å². The van der Waals surface area contributed by atoms with E-state index in [0.29, 0.717) is 63.4 Å². The number of alkyl halides is 3. The Hall–Kier alpha value is -2.83. The number of hydrogen-bond donors (Lipinski definition) is 1. The first-order valence-corrected chi connectivity index (χ1v) is 15.8. The van der Waals surface area contributed by atoms with Crippen LogP contribution in [-0.4, -0.2) is 87.6 Å². The number of carbonyl (C=O) groups excluding carboxylic acids is 1. The molecule has 0 saturated carbocycles. The lowest BCUT2D eigenvalue weighted by Gasteiger charge is -2.47. The molecular weight excluding hydrogens is 597 g/mol. The second kappa shape index (κ2) is 14.5. The number of hydrogen-bond acceptors (Lipinski definition) is 8. The van der Waals surface area contributed by atoms with Gasteiger partial charge in [0.05, 0.1) is 29.7 Å². The maximum Gasteiger partial charge on any atom is 0.416 e. The molecule has 1 aromatic heterocycles. The zero-order valence-corrected chi connectivity index (χ0v) is 26.9. The van der Waals surface area contributed by atoms with Gasteiger partial charge in [0.15, 0.2) is 0 Å². The zero-order chi connectivity index (χ0) is 32.2. The normalized spacial score (nSPS) is 22.3. The summed E-state index contributed by atoms with van der Waals surface area (Å²) in [6.45, 7) is 12.4. The highest BCUT2D eigenvalue weighted by Gasteiger charge is 2.41. The number of amides is 1. The lowest BCUT2D eigenvalue weighted by atomic mass is 9.87. The average Bonchev–Trinajstić information content (AvgIpc) is 2.98. The monoisotopic (exact) mass is 640 g/mol. The number of rotatable bonds is 9. The number of aliphatic hydroxyl groups is 1. The van der Waals surface area contributed by atoms with Crippen molar-refractivity contribution in [1.29, 1.82) is 0 Å². The Balaban J connectivity index is 1.65. The molecule has 2 aliphatic heterocycles. The van der Waals surface area contributed by atoms with Crippen LogP contribution in [0.5, 0.6) is 0 Å². The van der Waals surface area contributed by atoms with E-state index in [4.69, 9.17) is 26.3 Å². The van der Waals surface area contributed by atoms with E-state index in [1.165, 1.54) is 0 Å². The Morgan fingerprint density at radius 1 is 1.05 bits per heavy atom. The Kier molecular flexibility index (Phi) is 11.2. The molecule has 1 aromatic carbocycles. The fraction of sp³-hybridized carbons (Fsp3) is 0.645. The van der Waals surface area contributed by atoms with Crippen LogP contribution >= 0.6 is 11.6 Å². The molecule has 0 bridgehead atoms. The van der Waals surface area contributed by atoms with E-state index in [2.05, 4.69) is 4.90 Å². The molecule has 4 rings (SSSR count). The van der Waals surface area contributed by atoms with Crippen molar-refractivity contribution in [3.8, 4) is 0 Å². The molecule has 44 heavy (non-hydrogen) atoms. The first-order chi connectivity index (χ1) is 20.8. The van der Waals surface area contributed by atoms with Crippen molar-refractivity contribution in [2.24, 2.45) is 0 Å². The molecule has 2 aromatic rings. The van der Waals surface area contributed by atoms with Gasteiger partial charge in [-0.15, -0.1) is 0 Å². The Labute approximate surface area is 262 Å². The van der Waals surface area contributed by atoms with E-state index in [0.717, 1.165) is 17.8 Å². The lowest BCUT2D eigenvalue weighted by Crippen LogP contribution is -2.57. The minimum absolute atomic E-state index is 0.00602. The Morgan fingerprint density at radius 2 is 1.64 bits per heavy atom. The van der Waals surface area contributed by atoms with Crippen LogP contribution in [0.3, 0.4) is 0 Å². The van der Waals surface area contributed by atoms with Crippen molar-refractivity contribution in [1.82, 2.24) is 19.8 Å². The zero-order valence-electron chi connectivity index (χ0n) is 26.1. The van der Waals surface area contributed by atoms with E-state index in [-0.39, 0.29) is 41.9 Å². The van der Waals surface area contributed by atoms with E-state index < -0.39 is 18.0 Å². The highest BCUT2D eigenvalue weighted by Crippen LogP contribution is 2.36. The molecule has 0 spiro atoms. The molecule has 4 atom stereocenters. The summed E-state index contributed by atoms with van der Waals surface area (Å²) in [6, 6.07) is 3.20. The van der Waals surface area contributed by atoms with Gasteiger partial charge < -0.3 is 24.5 Å². The topological polar surface area (TPSA) is 85.3 Å². The summed E-state index contributed by atoms with van der Waals surface area (Å²) in [5.41, 5.74) is 0.427. The quantitative estimate of drug-likeness (QED) is 0.348. The predicted octanol–water partition coefficient (Wildman–Crippen LogP) is 6.18. The summed E-state index contributed by atoms with van der Waals surface area (Å²) < 4.78 is 46.6. The van der Waals surface area contributed by atoms with Crippen LogP contribution in [0.2, 0.25) is 5.02 Å². The minimum Gasteiger partial charge on any atom is -0.447 e. The molecule has 0 aliphatic carbocycles. The smallest absolute Gasteiger partial charge is 0.416 e. The summed E-state index contributed by atoms with van der Waals surface area (Å²) in [5.74, 6) is 0.401. The van der Waals surface area contributed by atoms with Crippen LogP contribution in [0.4, 0.5) is 29.6 Å². The number of halogens is 4. The van der Waals surface area contributed by atoms with Crippen molar-refractivity contribution in [2.75, 3.05) is 36.0 Å². The molecule has 3 heterocycles. The van der Waals surface area contributed by atoms with E-state index in [1.807, 2.05) is 42.4 Å². The molecule has 2 fully saturated rings. The summed E-state index contributed by atoms with van der Waals surface area (Å²) >= 11 is 6.16. The molecule has 13 heteroatoms. The maximum absolute atomic E-state index is 13.7. The largest absolute Gasteiger partial charge is 0.447 e. The fourth-order valence-electron chi connectivity index (χ4n) is 6.24. The number of benzene rings is 1. The van der Waals surface area contributed by atoms with Crippen LogP contribution in [0.1, 0.15) is 71.4 Å². The van der Waals surface area contributed by atoms with Crippen LogP contribution in [0.15, 0.2) is 30.6 Å². The van der Waals surface area contributed by atoms with Gasteiger partial charge in [-0.25, -0.2) is 14.8 Å². The fourth-order valence-corrected chi connectivity index (χ4v) is 6.49. The number of nitrogens with zero attached hydrogens (tertiary/aromatic N) is 6. The van der Waals surface area contributed by atoms with E-state index in [1.54, 1.807) is 25.4 Å². The molecule has 2 unspecified atom stereocenters. The van der Waals surface area contributed by atoms with Crippen LogP contribution in [-0.2, 0) is 17.5 Å². The third-order valence-corrected chi connectivity index (χ3v) is 8.75. The SMILES string of the molecule is CC[C@@H]1CC(N(Cc2cc(Cl)cc(C(F)(F)F)c2)c2ncc(N3CCN(C(C)O)CC3)cn2)C[C@H](CC)N1C(=O)OC(C)C. The van der Waals surface area contributed by atoms with Gasteiger partial charge in [-0.05, 0) is 70.2 Å². The molecule has 9 nitrogen and oxygen atoms in total. The minimum atomic E-state index is -4.54. The summed E-state index contributed by atoms with van der Waals surface area (Å²) in [4.78, 5) is 30.5. The van der Waals surface area contributed by atoms with Gasteiger partial charge in [0.2, 0.25) is 5.95 Å². The van der Waals surface area contributed by atoms with E-state index >= 15 is 0 Å². The van der Waals surface area contributed by atoms with Crippen LogP contribution in [0, 0.1) is 0 Å². The maximum atomic E-state index is 13.7. The molecule has 244 valence electrons. The predicted molar refractivity (Wildman–Crippen MR) is 165 cm³/mol. The summed E-state index contributed by atoms with van der Waals surface area (Å²) in [7, 11) is 0. The summed E-state index contributed by atoms with van der Waals surface area (Å²) in [6.07, 6.45) is 0.410. The second-order valence-electron chi connectivity index (χ2n) is 12.0. The molecular formula is C31H44ClF3N6O3. The Morgan fingerprint density at radius 3 is 2.14 bits per heavy atom. The van der Waals surface area contributed by atoms with Crippen LogP contribution in [0.25, 0.3) is 0 Å². The standard InChI is InChI=1S/C31H44ClF3N6O3/c1-6-25-15-27(16-26(7-2)41(25)30(43)44-20(3)4)40(19-22-12-23(31(33,34)35)14-24(32)13-22)29-36-17-28(18-37-29)39-10-8-38(9-11-39)21(5)42/h12-14,17-18,20-21,25-27,42H,6-11,15-16,19H2,1-5H3/t21?,25-,26+,27?. The molecule has 1 amide bonds. The number of piperidine rings is 1. The lowest BCUT2D eigenvalue weighted by molar-refractivity contribution is -0.137. The number of aromatic nitrogens is 2. The summed E-state index contributed by atoms with van der Waals surface area (Å²) in [5, 5.41) is 9.90. The third-order valence-electron chi connectivity index (χ3n) is 8.53. The highest BCUT2D eigenvalue weighted by atomic mass is 35.5. The van der Waals surface area contributed by atoms with Gasteiger partial charge in [-0.3, -0.25) is 4.90 Å². The van der Waals surface area contributed by atoms with Crippen molar-refractivity contribution in [3.63, 3.8) is 0 Å². The number of carbonyl (C=O) groups is 1. The molecule has 2 saturated heterocycles. The Bertz CT molecular complexity index is 1230. The van der Waals surface area contributed by atoms with Gasteiger partial charge in [-0.2, -0.15) is 13.2 Å². The highest BCUT2D eigenvalue weighted by molar-refractivity contribution is 6.30. The molecule has 2 aliphatic rings. The van der Waals surface area contributed by atoms with Crippen molar-refractivity contribution < 1.29 is 27.8 Å². The van der Waals surface area contributed by atoms with Crippen LogP contribution < -0.4 is 9.80 Å². The molecule has 1 N–H and O–H groups in total. The first-order valence-electron chi connectivity index (χ1n) is 15.4. The van der Waals surface area contributed by atoms with Gasteiger partial charge in [0, 0.05) is 55.9 Å². The number of ether oxygens (including phenoxy) is 1. The number of aliphatic hydroxyl groups excluding tert-OH is 1. The van der Waals surface area contributed by atoms with Gasteiger partial charge in [0.25, 0.3) is 0 Å². The third kappa shape index (κ3) is 8.25. The number of piperazine rings is 1. The van der Waals surface area contributed by atoms with Crippen molar-refractivity contribution >= 4 is 29.3 Å². The van der Waals surface area contributed by atoms with E-state index in [9.17, 15) is 23.1 Å². The molecule has 0 radical (unpaired) electrons. The second-order valence-corrected chi connectivity index (χ2v) is 12.4. The average molecular weight is 641 g/mol. The van der Waals surface area contributed by atoms with Gasteiger partial charge in [-0.1, -0.05) is 25.4 Å². The van der Waals surface area contributed by atoms with Gasteiger partial charge in [0.1, 0.15) is 6.23 Å². The first kappa shape index (κ1) is 34.1.